The van der Waals surface area contributed by atoms with E-state index in [-0.39, 0.29) is 17.9 Å². The molecule has 0 amide bonds. The summed E-state index contributed by atoms with van der Waals surface area (Å²) in [6.07, 6.45) is 1.56. The van der Waals surface area contributed by atoms with Crippen LogP contribution in [0.2, 0.25) is 0 Å². The van der Waals surface area contributed by atoms with E-state index in [1.165, 1.54) is 23.6 Å². The number of allylic oxidation sites excluding steroid dienone is 1. The van der Waals surface area contributed by atoms with Crippen molar-refractivity contribution in [2.45, 2.75) is 26.8 Å². The Morgan fingerprint density at radius 1 is 1.17 bits per heavy atom. The number of ether oxygens (including phenoxy) is 2. The second kappa shape index (κ2) is 11.2. The van der Waals surface area contributed by atoms with E-state index in [1.807, 2.05) is 0 Å². The maximum atomic E-state index is 13.8. The standard InChI is InChI=1S/C29H23N3O8S/c1-4-38-28(35)25-16(2)30-29-31(26(25)18-8-10-21(11-9-18)39-17(3)33)27(34)24(41-29)15-22-12-13-23(40-22)19-6-5-7-20(14-19)32(36)37/h5-15,26H,4H2,1-3H3/b24-15+/t26-/m1/s1. The van der Waals surface area contributed by atoms with Crippen molar-refractivity contribution in [3.63, 3.8) is 0 Å². The zero-order valence-corrected chi connectivity index (χ0v) is 23.0. The third kappa shape index (κ3) is 5.50. The normalized spacial score (nSPS) is 14.8. The number of furan rings is 1. The molecule has 1 atom stereocenters. The summed E-state index contributed by atoms with van der Waals surface area (Å²) in [5.41, 5.74) is 1.28. The van der Waals surface area contributed by atoms with Gasteiger partial charge >= 0.3 is 11.9 Å². The Labute approximate surface area is 236 Å². The fraction of sp³-hybridized carbons (Fsp3) is 0.172. The molecule has 3 heterocycles. The smallest absolute Gasteiger partial charge is 0.338 e. The fourth-order valence-corrected chi connectivity index (χ4v) is 5.51. The van der Waals surface area contributed by atoms with Gasteiger partial charge < -0.3 is 13.9 Å². The minimum absolute atomic E-state index is 0.0672. The third-order valence-electron chi connectivity index (χ3n) is 6.22. The zero-order valence-electron chi connectivity index (χ0n) is 22.2. The summed E-state index contributed by atoms with van der Waals surface area (Å²) in [5.74, 6) is 0.0219. The predicted molar refractivity (Wildman–Crippen MR) is 149 cm³/mol. The second-order valence-corrected chi connectivity index (χ2v) is 9.98. The lowest BCUT2D eigenvalue weighted by molar-refractivity contribution is -0.384. The van der Waals surface area contributed by atoms with Gasteiger partial charge in [0, 0.05) is 30.7 Å². The molecule has 2 aromatic carbocycles. The quantitative estimate of drug-likeness (QED) is 0.140. The number of hydrogen-bond donors (Lipinski definition) is 0. The van der Waals surface area contributed by atoms with E-state index in [2.05, 4.69) is 4.99 Å². The van der Waals surface area contributed by atoms with Crippen LogP contribution in [0.5, 0.6) is 5.75 Å². The van der Waals surface area contributed by atoms with Gasteiger partial charge in [0.25, 0.3) is 11.2 Å². The molecule has 0 bridgehead atoms. The number of hydrogen-bond acceptors (Lipinski definition) is 10. The van der Waals surface area contributed by atoms with E-state index < -0.39 is 28.5 Å². The number of non-ortho nitro benzene ring substituents is 1. The summed E-state index contributed by atoms with van der Waals surface area (Å²) in [7, 11) is 0. The van der Waals surface area contributed by atoms with Crippen LogP contribution in [0.25, 0.3) is 17.4 Å². The molecule has 0 saturated heterocycles. The van der Waals surface area contributed by atoms with Gasteiger partial charge in [-0.15, -0.1) is 0 Å². The summed E-state index contributed by atoms with van der Waals surface area (Å²) < 4.78 is 18.1. The van der Waals surface area contributed by atoms with Crippen LogP contribution in [-0.2, 0) is 14.3 Å². The van der Waals surface area contributed by atoms with Crippen LogP contribution in [0.15, 0.2) is 86.1 Å². The van der Waals surface area contributed by atoms with Crippen molar-refractivity contribution in [1.29, 1.82) is 0 Å². The molecule has 0 fully saturated rings. The van der Waals surface area contributed by atoms with E-state index in [9.17, 15) is 24.5 Å². The Bertz CT molecular complexity index is 1900. The highest BCUT2D eigenvalue weighted by Gasteiger charge is 2.33. The third-order valence-corrected chi connectivity index (χ3v) is 7.20. The summed E-state index contributed by atoms with van der Waals surface area (Å²) in [6, 6.07) is 15.1. The van der Waals surface area contributed by atoms with E-state index >= 15 is 0 Å². The molecule has 11 nitrogen and oxygen atoms in total. The van der Waals surface area contributed by atoms with Crippen LogP contribution >= 0.6 is 11.3 Å². The molecule has 2 aromatic heterocycles. The number of aromatic nitrogens is 1. The van der Waals surface area contributed by atoms with Crippen molar-refractivity contribution in [2.24, 2.45) is 4.99 Å². The molecule has 12 heteroatoms. The average Bonchev–Trinajstić information content (AvgIpc) is 3.52. The molecule has 1 aliphatic rings. The highest BCUT2D eigenvalue weighted by Crippen LogP contribution is 2.32. The Hall–Kier alpha value is -5.10. The molecule has 41 heavy (non-hydrogen) atoms. The van der Waals surface area contributed by atoms with Gasteiger partial charge in [0.15, 0.2) is 4.80 Å². The lowest BCUT2D eigenvalue weighted by Gasteiger charge is -2.24. The van der Waals surface area contributed by atoms with Gasteiger partial charge in [-0.05, 0) is 43.7 Å². The average molecular weight is 574 g/mol. The number of nitrogens with zero attached hydrogens (tertiary/aromatic N) is 3. The van der Waals surface area contributed by atoms with Crippen molar-refractivity contribution >= 4 is 35.0 Å². The molecule has 0 N–H and O–H groups in total. The van der Waals surface area contributed by atoms with Gasteiger partial charge in [0.2, 0.25) is 0 Å². The fourth-order valence-electron chi connectivity index (χ4n) is 4.48. The lowest BCUT2D eigenvalue weighted by atomic mass is 9.96. The number of nitro benzene ring substituents is 1. The number of carbonyl (C=O) groups excluding carboxylic acids is 2. The molecule has 1 aliphatic heterocycles. The summed E-state index contributed by atoms with van der Waals surface area (Å²) in [4.78, 5) is 53.7. The van der Waals surface area contributed by atoms with Crippen molar-refractivity contribution in [3.8, 4) is 17.1 Å². The molecule has 0 unspecified atom stereocenters. The second-order valence-electron chi connectivity index (χ2n) is 8.97. The van der Waals surface area contributed by atoms with Crippen LogP contribution in [-0.4, -0.2) is 28.0 Å². The summed E-state index contributed by atoms with van der Waals surface area (Å²) in [5, 5.41) is 11.1. The molecular weight excluding hydrogens is 550 g/mol. The van der Waals surface area contributed by atoms with Gasteiger partial charge in [0.05, 0.1) is 33.4 Å². The monoisotopic (exact) mass is 573 g/mol. The van der Waals surface area contributed by atoms with E-state index in [0.717, 1.165) is 11.3 Å². The minimum atomic E-state index is -0.837. The maximum Gasteiger partial charge on any atom is 0.338 e. The predicted octanol–water partition coefficient (Wildman–Crippen LogP) is 3.89. The van der Waals surface area contributed by atoms with Crippen LogP contribution in [0.4, 0.5) is 5.69 Å². The van der Waals surface area contributed by atoms with Gasteiger partial charge in [-0.1, -0.05) is 35.6 Å². The first kappa shape index (κ1) is 27.5. The number of carbonyl (C=O) groups is 2. The van der Waals surface area contributed by atoms with Crippen LogP contribution in [0.3, 0.4) is 0 Å². The Morgan fingerprint density at radius 3 is 2.61 bits per heavy atom. The van der Waals surface area contributed by atoms with Crippen LogP contribution < -0.4 is 19.6 Å². The number of rotatable bonds is 7. The molecule has 5 rings (SSSR count). The molecule has 208 valence electrons. The van der Waals surface area contributed by atoms with Crippen molar-refractivity contribution in [1.82, 2.24) is 4.57 Å². The van der Waals surface area contributed by atoms with Crippen molar-refractivity contribution in [3.05, 3.63) is 113 Å². The first-order chi connectivity index (χ1) is 19.7. The molecule has 0 radical (unpaired) electrons. The zero-order chi connectivity index (χ0) is 29.3. The lowest BCUT2D eigenvalue weighted by Crippen LogP contribution is -2.39. The van der Waals surface area contributed by atoms with E-state index in [1.54, 1.807) is 68.5 Å². The maximum absolute atomic E-state index is 13.8. The number of esters is 2. The van der Waals surface area contributed by atoms with Gasteiger partial charge in [0.1, 0.15) is 17.3 Å². The first-order valence-corrected chi connectivity index (χ1v) is 13.3. The van der Waals surface area contributed by atoms with Gasteiger partial charge in [-0.2, -0.15) is 0 Å². The van der Waals surface area contributed by atoms with Gasteiger partial charge in [-0.3, -0.25) is 24.3 Å². The van der Waals surface area contributed by atoms with Crippen LogP contribution in [0, 0.1) is 10.1 Å². The van der Waals surface area contributed by atoms with Crippen molar-refractivity contribution in [2.75, 3.05) is 6.61 Å². The summed E-state index contributed by atoms with van der Waals surface area (Å²) >= 11 is 1.13. The van der Waals surface area contributed by atoms with Crippen molar-refractivity contribution < 1.29 is 28.4 Å². The SMILES string of the molecule is CCOC(=O)C1=C(C)N=c2s/c(=C/c3ccc(-c4cccc([N+](=O)[O-])c4)o3)c(=O)n2[C@@H]1c1ccc(OC(C)=O)cc1. The molecule has 4 aromatic rings. The topological polar surface area (TPSA) is 143 Å². The molecular formula is C29H23N3O8S. The number of nitro groups is 1. The number of fused-ring (bicyclic) bond motifs is 1. The number of benzene rings is 2. The largest absolute Gasteiger partial charge is 0.463 e. The number of thiazole rings is 1. The highest BCUT2D eigenvalue weighted by atomic mass is 32.1. The van der Waals surface area contributed by atoms with Crippen LogP contribution in [0.1, 0.15) is 38.1 Å². The first-order valence-electron chi connectivity index (χ1n) is 12.5. The van der Waals surface area contributed by atoms with E-state index in [4.69, 9.17) is 13.9 Å². The molecule has 0 aliphatic carbocycles. The molecule has 0 saturated carbocycles. The Morgan fingerprint density at radius 2 is 1.93 bits per heavy atom. The molecule has 0 spiro atoms. The van der Waals surface area contributed by atoms with E-state index in [0.29, 0.717) is 43.4 Å². The van der Waals surface area contributed by atoms with Gasteiger partial charge in [-0.25, -0.2) is 9.79 Å². The Kier molecular flexibility index (Phi) is 7.49. The minimum Gasteiger partial charge on any atom is -0.463 e. The summed E-state index contributed by atoms with van der Waals surface area (Å²) in [6.45, 7) is 4.81. The highest BCUT2D eigenvalue weighted by molar-refractivity contribution is 7.07. The Balaban J connectivity index is 1.60.